The van der Waals surface area contributed by atoms with Crippen LogP contribution in [0.3, 0.4) is 0 Å². The first-order chi connectivity index (χ1) is 11.5. The Kier molecular flexibility index (Phi) is 13.5. The third kappa shape index (κ3) is 9.75. The molecule has 146 valence electrons. The second kappa shape index (κ2) is 13.7. The van der Waals surface area contributed by atoms with Gasteiger partial charge in [-0.05, 0) is 32.1 Å². The van der Waals surface area contributed by atoms with E-state index in [-0.39, 0.29) is 30.1 Å². The number of ether oxygens (including phenoxy) is 1. The number of thiazole rings is 1. The molecule has 0 fully saturated rings. The normalized spacial score (nSPS) is 13.0. The van der Waals surface area contributed by atoms with Gasteiger partial charge in [0.25, 0.3) is 0 Å². The molecule has 0 saturated heterocycles. The number of guanidine groups is 1. The lowest BCUT2D eigenvalue weighted by atomic mass is 10.0. The van der Waals surface area contributed by atoms with Crippen LogP contribution in [-0.2, 0) is 11.3 Å². The zero-order chi connectivity index (χ0) is 17.9. The molecule has 2 N–H and O–H groups in total. The van der Waals surface area contributed by atoms with Crippen molar-refractivity contribution in [3.8, 4) is 0 Å². The smallest absolute Gasteiger partial charge is 0.191 e. The fourth-order valence-corrected chi connectivity index (χ4v) is 3.19. The fourth-order valence-electron chi connectivity index (χ4n) is 2.31. The third-order valence-corrected chi connectivity index (χ3v) is 4.58. The van der Waals surface area contributed by atoms with E-state index in [4.69, 9.17) is 4.74 Å². The number of nitrogens with zero attached hydrogens (tertiary/aromatic N) is 2. The number of halogens is 1. The summed E-state index contributed by atoms with van der Waals surface area (Å²) < 4.78 is 5.79. The van der Waals surface area contributed by atoms with Crippen molar-refractivity contribution < 1.29 is 4.74 Å². The molecule has 0 spiro atoms. The molecule has 0 aliphatic heterocycles. The molecule has 1 unspecified atom stereocenters. The highest BCUT2D eigenvalue weighted by atomic mass is 127. The van der Waals surface area contributed by atoms with Gasteiger partial charge < -0.3 is 15.4 Å². The summed E-state index contributed by atoms with van der Waals surface area (Å²) >= 11 is 1.68. The minimum atomic E-state index is 0. The van der Waals surface area contributed by atoms with Crippen molar-refractivity contribution in [2.45, 2.75) is 66.5 Å². The molecule has 7 heteroatoms. The number of aromatic nitrogens is 1. The Morgan fingerprint density at radius 3 is 2.48 bits per heavy atom. The van der Waals surface area contributed by atoms with E-state index >= 15 is 0 Å². The lowest BCUT2D eigenvalue weighted by Crippen LogP contribution is -2.39. The molecule has 1 rings (SSSR count). The largest absolute Gasteiger partial charge is 0.378 e. The molecule has 0 aliphatic rings. The molecule has 1 aromatic heterocycles. The maximum atomic E-state index is 5.79. The standard InChI is InChI=1S/C18H34N4OS.HI/c1-7-19-18(20-10-9-16(14(5)6)23-8-2)21-11-17-22-15(12-24-17)13(3)4;/h12-14,16H,7-11H2,1-6H3,(H2,19,20,21);1H. The first-order valence-electron chi connectivity index (χ1n) is 9.05. The number of hydrogen-bond acceptors (Lipinski definition) is 4. The van der Waals surface area contributed by atoms with Crippen molar-refractivity contribution >= 4 is 41.3 Å². The van der Waals surface area contributed by atoms with Crippen LogP contribution >= 0.6 is 35.3 Å². The Balaban J connectivity index is 0.00000576. The minimum absolute atomic E-state index is 0. The van der Waals surface area contributed by atoms with Crippen molar-refractivity contribution in [1.82, 2.24) is 15.6 Å². The minimum Gasteiger partial charge on any atom is -0.378 e. The van der Waals surface area contributed by atoms with Gasteiger partial charge in [-0.15, -0.1) is 35.3 Å². The van der Waals surface area contributed by atoms with E-state index in [1.165, 1.54) is 0 Å². The van der Waals surface area contributed by atoms with Crippen molar-refractivity contribution in [2.75, 3.05) is 19.7 Å². The Labute approximate surface area is 174 Å². The van der Waals surface area contributed by atoms with Gasteiger partial charge in [-0.2, -0.15) is 0 Å². The maximum Gasteiger partial charge on any atom is 0.191 e. The van der Waals surface area contributed by atoms with E-state index in [9.17, 15) is 0 Å². The van der Waals surface area contributed by atoms with Gasteiger partial charge >= 0.3 is 0 Å². The van der Waals surface area contributed by atoms with E-state index in [0.29, 0.717) is 18.4 Å². The quantitative estimate of drug-likeness (QED) is 0.295. The molecule has 1 atom stereocenters. The average Bonchev–Trinajstić information content (AvgIpc) is 3.00. The van der Waals surface area contributed by atoms with Gasteiger partial charge in [0.15, 0.2) is 5.96 Å². The molecule has 5 nitrogen and oxygen atoms in total. The molecular formula is C18H35IN4OS. The van der Waals surface area contributed by atoms with Crippen LogP contribution in [0.5, 0.6) is 0 Å². The highest BCUT2D eigenvalue weighted by Gasteiger charge is 2.13. The second-order valence-electron chi connectivity index (χ2n) is 6.47. The summed E-state index contributed by atoms with van der Waals surface area (Å²) in [5.41, 5.74) is 1.15. The zero-order valence-corrected chi connectivity index (χ0v) is 19.6. The summed E-state index contributed by atoms with van der Waals surface area (Å²) in [6.07, 6.45) is 1.27. The van der Waals surface area contributed by atoms with Crippen molar-refractivity contribution in [3.05, 3.63) is 16.1 Å². The molecule has 0 aliphatic carbocycles. The predicted molar refractivity (Wildman–Crippen MR) is 119 cm³/mol. The van der Waals surface area contributed by atoms with Gasteiger partial charge in [-0.3, -0.25) is 0 Å². The summed E-state index contributed by atoms with van der Waals surface area (Å²) in [7, 11) is 0. The van der Waals surface area contributed by atoms with Gasteiger partial charge in [0.1, 0.15) is 5.01 Å². The highest BCUT2D eigenvalue weighted by Crippen LogP contribution is 2.18. The van der Waals surface area contributed by atoms with Gasteiger partial charge in [-0.25, -0.2) is 9.98 Å². The van der Waals surface area contributed by atoms with Gasteiger partial charge in [0, 0.05) is 25.1 Å². The molecule has 0 bridgehead atoms. The van der Waals surface area contributed by atoms with E-state index in [1.807, 2.05) is 6.92 Å². The van der Waals surface area contributed by atoms with Crippen molar-refractivity contribution in [2.24, 2.45) is 10.9 Å². The van der Waals surface area contributed by atoms with Crippen molar-refractivity contribution in [1.29, 1.82) is 0 Å². The Morgan fingerprint density at radius 1 is 1.24 bits per heavy atom. The van der Waals surface area contributed by atoms with E-state index in [2.05, 4.69) is 60.6 Å². The number of aliphatic imine (C=N–C) groups is 1. The molecule has 1 aromatic rings. The van der Waals surface area contributed by atoms with Crippen LogP contribution in [0.15, 0.2) is 10.4 Å². The monoisotopic (exact) mass is 482 g/mol. The fraction of sp³-hybridized carbons (Fsp3) is 0.778. The summed E-state index contributed by atoms with van der Waals surface area (Å²) in [5, 5.41) is 9.88. The SMILES string of the molecule is CCNC(=NCc1nc(C(C)C)cs1)NCCC(OCC)C(C)C.I. The Hall–Kier alpha value is -0.410. The first kappa shape index (κ1) is 24.6. The van der Waals surface area contributed by atoms with Crippen LogP contribution in [0, 0.1) is 5.92 Å². The molecule has 25 heavy (non-hydrogen) atoms. The van der Waals surface area contributed by atoms with Crippen LogP contribution in [0.25, 0.3) is 0 Å². The zero-order valence-electron chi connectivity index (χ0n) is 16.5. The van der Waals surface area contributed by atoms with E-state index in [0.717, 1.165) is 42.8 Å². The molecular weight excluding hydrogens is 447 g/mol. The first-order valence-corrected chi connectivity index (χ1v) is 9.93. The van der Waals surface area contributed by atoms with Crippen LogP contribution < -0.4 is 10.6 Å². The molecule has 0 saturated carbocycles. The third-order valence-electron chi connectivity index (χ3n) is 3.72. The molecule has 1 heterocycles. The van der Waals surface area contributed by atoms with Gasteiger partial charge in [0.2, 0.25) is 0 Å². The van der Waals surface area contributed by atoms with Crippen LogP contribution in [0.2, 0.25) is 0 Å². The van der Waals surface area contributed by atoms with Crippen LogP contribution in [-0.4, -0.2) is 36.7 Å². The summed E-state index contributed by atoms with van der Waals surface area (Å²) in [6.45, 7) is 15.9. The Morgan fingerprint density at radius 2 is 1.96 bits per heavy atom. The van der Waals surface area contributed by atoms with Crippen molar-refractivity contribution in [3.63, 3.8) is 0 Å². The summed E-state index contributed by atoms with van der Waals surface area (Å²) in [6, 6.07) is 0. The van der Waals surface area contributed by atoms with E-state index in [1.54, 1.807) is 11.3 Å². The highest BCUT2D eigenvalue weighted by molar-refractivity contribution is 14.0. The summed E-state index contributed by atoms with van der Waals surface area (Å²) in [4.78, 5) is 9.28. The van der Waals surface area contributed by atoms with Gasteiger partial charge in [0.05, 0.1) is 18.3 Å². The topological polar surface area (TPSA) is 58.5 Å². The average molecular weight is 482 g/mol. The maximum absolute atomic E-state index is 5.79. The Bertz CT molecular complexity index is 491. The lowest BCUT2D eigenvalue weighted by molar-refractivity contribution is 0.0258. The molecule has 0 aromatic carbocycles. The van der Waals surface area contributed by atoms with Crippen LogP contribution in [0.4, 0.5) is 0 Å². The number of rotatable bonds is 10. The van der Waals surface area contributed by atoms with Crippen LogP contribution in [0.1, 0.15) is 64.6 Å². The number of hydrogen-bond donors (Lipinski definition) is 2. The van der Waals surface area contributed by atoms with E-state index < -0.39 is 0 Å². The number of nitrogens with one attached hydrogen (secondary N) is 2. The lowest BCUT2D eigenvalue weighted by Gasteiger charge is -2.21. The second-order valence-corrected chi connectivity index (χ2v) is 7.41. The summed E-state index contributed by atoms with van der Waals surface area (Å²) in [5.74, 6) is 1.84. The molecule has 0 amide bonds. The van der Waals surface area contributed by atoms with Gasteiger partial charge in [-0.1, -0.05) is 27.7 Å². The molecule has 0 radical (unpaired) electrons. The predicted octanol–water partition coefficient (Wildman–Crippen LogP) is 4.39.